The predicted octanol–water partition coefficient (Wildman–Crippen LogP) is 3.41. The number of nitrogens with two attached hydrogens (primary N) is 1. The molecular formula is C13H12ClF3N4S. The minimum Gasteiger partial charge on any atom is -0.388 e. The summed E-state index contributed by atoms with van der Waals surface area (Å²) >= 11 is 11.1. The zero-order valence-electron chi connectivity index (χ0n) is 11.9. The van der Waals surface area contributed by atoms with E-state index in [4.69, 9.17) is 29.6 Å². The molecule has 2 aromatic rings. The molecule has 2 heterocycles. The number of rotatable bonds is 2. The van der Waals surface area contributed by atoms with Crippen LogP contribution < -0.4 is 5.73 Å². The lowest BCUT2D eigenvalue weighted by atomic mass is 10.1. The third-order valence-electron chi connectivity index (χ3n) is 3.16. The Balaban J connectivity index is 2.68. The first-order chi connectivity index (χ1) is 10.0. The van der Waals surface area contributed by atoms with Crippen molar-refractivity contribution in [3.63, 3.8) is 0 Å². The van der Waals surface area contributed by atoms with Gasteiger partial charge in [-0.25, -0.2) is 0 Å². The number of alkyl halides is 3. The first-order valence-electron chi connectivity index (χ1n) is 6.12. The predicted molar refractivity (Wildman–Crippen MR) is 81.8 cm³/mol. The van der Waals surface area contributed by atoms with Crippen molar-refractivity contribution >= 4 is 28.8 Å². The van der Waals surface area contributed by atoms with Crippen molar-refractivity contribution in [2.75, 3.05) is 0 Å². The standard InChI is InChI=1S/C13H12ClF3N4S/c1-5-4-7(13(15,16)17)6(2)19-9(5)10-8(14)11(12(18)22)21(3)20-10/h4H,1-3H3,(H2,18,22). The van der Waals surface area contributed by atoms with E-state index >= 15 is 0 Å². The fourth-order valence-electron chi connectivity index (χ4n) is 2.15. The molecule has 0 aliphatic heterocycles. The Morgan fingerprint density at radius 1 is 1.32 bits per heavy atom. The van der Waals surface area contributed by atoms with Crippen LogP contribution in [0.5, 0.6) is 0 Å². The van der Waals surface area contributed by atoms with Crippen LogP contribution in [0.1, 0.15) is 22.5 Å². The van der Waals surface area contributed by atoms with Crippen molar-refractivity contribution in [2.24, 2.45) is 12.8 Å². The molecule has 0 atom stereocenters. The van der Waals surface area contributed by atoms with E-state index in [9.17, 15) is 13.2 Å². The van der Waals surface area contributed by atoms with Gasteiger partial charge in [-0.2, -0.15) is 18.3 Å². The molecule has 0 aliphatic rings. The highest BCUT2D eigenvalue weighted by Crippen LogP contribution is 2.36. The molecule has 0 radical (unpaired) electrons. The summed E-state index contributed by atoms with van der Waals surface area (Å²) in [6.45, 7) is 2.81. The molecule has 0 amide bonds. The zero-order valence-corrected chi connectivity index (χ0v) is 13.5. The molecule has 0 fully saturated rings. The quantitative estimate of drug-likeness (QED) is 0.845. The van der Waals surface area contributed by atoms with Crippen molar-refractivity contribution in [1.82, 2.24) is 14.8 Å². The number of aromatic nitrogens is 3. The minimum atomic E-state index is -4.46. The molecule has 0 spiro atoms. The smallest absolute Gasteiger partial charge is 0.388 e. The van der Waals surface area contributed by atoms with E-state index in [0.29, 0.717) is 11.3 Å². The number of aryl methyl sites for hydroxylation is 3. The lowest BCUT2D eigenvalue weighted by Crippen LogP contribution is -2.14. The summed E-state index contributed by atoms with van der Waals surface area (Å²) < 4.78 is 40.1. The Labute approximate surface area is 135 Å². The van der Waals surface area contributed by atoms with E-state index in [1.807, 2.05) is 0 Å². The zero-order chi connectivity index (χ0) is 16.8. The first-order valence-corrected chi connectivity index (χ1v) is 6.90. The van der Waals surface area contributed by atoms with Gasteiger partial charge >= 0.3 is 6.18 Å². The van der Waals surface area contributed by atoms with E-state index in [-0.39, 0.29) is 27.1 Å². The van der Waals surface area contributed by atoms with Crippen molar-refractivity contribution in [2.45, 2.75) is 20.0 Å². The summed E-state index contributed by atoms with van der Waals surface area (Å²) in [6, 6.07) is 1.03. The molecular weight excluding hydrogens is 337 g/mol. The number of halogens is 4. The fourth-order valence-corrected chi connectivity index (χ4v) is 2.79. The molecule has 0 bridgehead atoms. The van der Waals surface area contributed by atoms with Gasteiger partial charge in [-0.1, -0.05) is 23.8 Å². The molecule has 0 aromatic carbocycles. The van der Waals surface area contributed by atoms with Crippen molar-refractivity contribution in [1.29, 1.82) is 0 Å². The summed E-state index contributed by atoms with van der Waals surface area (Å²) in [5.74, 6) is 0. The van der Waals surface area contributed by atoms with Crippen LogP contribution in [-0.2, 0) is 13.2 Å². The second kappa shape index (κ2) is 5.51. The fraction of sp³-hybridized carbons (Fsp3) is 0.308. The maximum Gasteiger partial charge on any atom is 0.418 e. The second-order valence-corrected chi connectivity index (χ2v) is 5.60. The Bertz CT molecular complexity index is 768. The molecule has 0 saturated carbocycles. The average molecular weight is 349 g/mol. The van der Waals surface area contributed by atoms with Gasteiger partial charge in [0.2, 0.25) is 0 Å². The Morgan fingerprint density at radius 3 is 2.36 bits per heavy atom. The summed E-state index contributed by atoms with van der Waals surface area (Å²) in [5, 5.41) is 4.34. The van der Waals surface area contributed by atoms with E-state index in [0.717, 1.165) is 6.07 Å². The van der Waals surface area contributed by atoms with Gasteiger partial charge in [0.05, 0.1) is 22.0 Å². The summed E-state index contributed by atoms with van der Waals surface area (Å²) in [6.07, 6.45) is -4.46. The molecule has 0 saturated heterocycles. The Kier molecular flexibility index (Phi) is 4.18. The number of hydrogen-bond donors (Lipinski definition) is 1. The highest BCUT2D eigenvalue weighted by atomic mass is 35.5. The number of nitrogens with zero attached hydrogens (tertiary/aromatic N) is 3. The monoisotopic (exact) mass is 348 g/mol. The van der Waals surface area contributed by atoms with E-state index < -0.39 is 11.7 Å². The van der Waals surface area contributed by atoms with Crippen LogP contribution in [0.2, 0.25) is 5.02 Å². The largest absolute Gasteiger partial charge is 0.418 e. The van der Waals surface area contributed by atoms with Crippen LogP contribution in [0.4, 0.5) is 13.2 Å². The molecule has 2 N–H and O–H groups in total. The number of hydrogen-bond acceptors (Lipinski definition) is 3. The highest BCUT2D eigenvalue weighted by molar-refractivity contribution is 7.80. The van der Waals surface area contributed by atoms with Gasteiger partial charge in [0.15, 0.2) is 0 Å². The Hall–Kier alpha value is -1.67. The molecule has 2 rings (SSSR count). The van der Waals surface area contributed by atoms with E-state index in [2.05, 4.69) is 10.1 Å². The van der Waals surface area contributed by atoms with Crippen LogP contribution in [0.25, 0.3) is 11.4 Å². The summed E-state index contributed by atoms with van der Waals surface area (Å²) in [7, 11) is 1.59. The van der Waals surface area contributed by atoms with Gasteiger partial charge in [0, 0.05) is 7.05 Å². The lowest BCUT2D eigenvalue weighted by molar-refractivity contribution is -0.138. The topological polar surface area (TPSA) is 56.7 Å². The van der Waals surface area contributed by atoms with Gasteiger partial charge in [0.25, 0.3) is 0 Å². The highest BCUT2D eigenvalue weighted by Gasteiger charge is 2.34. The van der Waals surface area contributed by atoms with E-state index in [1.54, 1.807) is 7.05 Å². The summed E-state index contributed by atoms with van der Waals surface area (Å²) in [4.78, 5) is 4.07. The molecule has 118 valence electrons. The third-order valence-corrected chi connectivity index (χ3v) is 3.71. The Morgan fingerprint density at radius 2 is 1.91 bits per heavy atom. The SMILES string of the molecule is Cc1cc(C(F)(F)F)c(C)nc1-c1nn(C)c(C(N)=S)c1Cl. The molecule has 9 heteroatoms. The van der Waals surface area contributed by atoms with Crippen molar-refractivity contribution < 1.29 is 13.2 Å². The summed E-state index contributed by atoms with van der Waals surface area (Å²) in [5.41, 5.74) is 5.82. The van der Waals surface area contributed by atoms with Gasteiger partial charge in [-0.05, 0) is 25.5 Å². The molecule has 0 aliphatic carbocycles. The first kappa shape index (κ1) is 16.7. The lowest BCUT2D eigenvalue weighted by Gasteiger charge is -2.12. The van der Waals surface area contributed by atoms with Gasteiger partial charge in [0.1, 0.15) is 16.4 Å². The van der Waals surface area contributed by atoms with Crippen LogP contribution in [0.3, 0.4) is 0 Å². The third kappa shape index (κ3) is 2.80. The normalized spacial score (nSPS) is 11.8. The van der Waals surface area contributed by atoms with Gasteiger partial charge < -0.3 is 5.73 Å². The molecule has 2 aromatic heterocycles. The maximum atomic E-state index is 12.9. The molecule has 4 nitrogen and oxygen atoms in total. The maximum absolute atomic E-state index is 12.9. The van der Waals surface area contributed by atoms with Crippen molar-refractivity contribution in [3.05, 3.63) is 33.6 Å². The number of pyridine rings is 1. The van der Waals surface area contributed by atoms with Crippen LogP contribution in [-0.4, -0.2) is 19.8 Å². The second-order valence-electron chi connectivity index (χ2n) is 4.78. The average Bonchev–Trinajstić information content (AvgIpc) is 2.65. The van der Waals surface area contributed by atoms with Gasteiger partial charge in [-0.3, -0.25) is 9.67 Å². The molecule has 22 heavy (non-hydrogen) atoms. The molecule has 0 unspecified atom stereocenters. The van der Waals surface area contributed by atoms with E-state index in [1.165, 1.54) is 18.5 Å². The van der Waals surface area contributed by atoms with Crippen molar-refractivity contribution in [3.8, 4) is 11.4 Å². The number of thiocarbonyl (C=S) groups is 1. The van der Waals surface area contributed by atoms with Crippen LogP contribution in [0, 0.1) is 13.8 Å². The van der Waals surface area contributed by atoms with Gasteiger partial charge in [-0.15, -0.1) is 0 Å². The van der Waals surface area contributed by atoms with Crippen LogP contribution in [0.15, 0.2) is 6.07 Å². The van der Waals surface area contributed by atoms with Crippen LogP contribution >= 0.6 is 23.8 Å². The minimum absolute atomic E-state index is 0.0486.